The molecule has 1 N–H and O–H groups in total. The van der Waals surface area contributed by atoms with Gasteiger partial charge in [0.1, 0.15) is 11.6 Å². The molecule has 1 aliphatic heterocycles. The van der Waals surface area contributed by atoms with Crippen LogP contribution in [0, 0.1) is 0 Å². The van der Waals surface area contributed by atoms with Crippen molar-refractivity contribution in [3.8, 4) is 0 Å². The molecule has 0 aromatic carbocycles. The van der Waals surface area contributed by atoms with Gasteiger partial charge in [0.2, 0.25) is 5.78 Å². The highest BCUT2D eigenvalue weighted by Crippen LogP contribution is 2.37. The van der Waals surface area contributed by atoms with E-state index >= 15 is 0 Å². The highest BCUT2D eigenvalue weighted by atomic mass is 32.2. The number of Topliss-reactive ketones (excluding diaryl/α,β-unsaturated/α-hetero) is 1. The second-order valence-corrected chi connectivity index (χ2v) is 19.5. The number of hydrogen-bond acceptors (Lipinski definition) is 5. The molecule has 2 aliphatic rings. The van der Waals surface area contributed by atoms with Gasteiger partial charge in [0.05, 0.1) is 29.1 Å². The van der Waals surface area contributed by atoms with E-state index in [2.05, 4.69) is 50.2 Å². The predicted octanol–water partition coefficient (Wildman–Crippen LogP) is 16.7. The van der Waals surface area contributed by atoms with Gasteiger partial charge in [0, 0.05) is 43.5 Å². The van der Waals surface area contributed by atoms with Gasteiger partial charge in [-0.25, -0.2) is 4.98 Å². The van der Waals surface area contributed by atoms with Gasteiger partial charge in [0.15, 0.2) is 5.71 Å². The Morgan fingerprint density at radius 1 is 0.581 bits per heavy atom. The zero-order chi connectivity index (χ0) is 44.5. The highest BCUT2D eigenvalue weighted by molar-refractivity contribution is 8.18. The smallest absolute Gasteiger partial charge is 0.359 e. The lowest BCUT2D eigenvalue weighted by atomic mass is 9.84. The first-order valence-corrected chi connectivity index (χ1v) is 27.2. The molecule has 1 aromatic rings. The normalized spacial score (nSPS) is 15.3. The first kappa shape index (κ1) is 53.7. The van der Waals surface area contributed by atoms with Gasteiger partial charge < -0.3 is 10.0 Å². The number of ketones is 1. The molecule has 0 bridgehead atoms. The van der Waals surface area contributed by atoms with E-state index in [0.717, 1.165) is 47.8 Å². The lowest BCUT2D eigenvalue weighted by Crippen LogP contribution is -2.27. The molecule has 1 aromatic heterocycles. The van der Waals surface area contributed by atoms with Crippen LogP contribution in [-0.4, -0.2) is 57.5 Å². The quantitative estimate of drug-likeness (QED) is 0.0405. The molecule has 1 aliphatic carbocycles. The maximum absolute atomic E-state index is 13.5. The Hall–Kier alpha value is -2.67. The topological polar surface area (TPSA) is 68.8 Å². The van der Waals surface area contributed by atoms with E-state index in [1.54, 1.807) is 24.0 Å². The minimum Gasteiger partial charge on any atom is -0.506 e. The van der Waals surface area contributed by atoms with Gasteiger partial charge >= 0.3 is 5.17 Å². The van der Waals surface area contributed by atoms with Crippen LogP contribution in [0.3, 0.4) is 0 Å². The van der Waals surface area contributed by atoms with Crippen molar-refractivity contribution in [1.29, 1.82) is 0 Å². The molecule has 3 rings (SSSR count). The molecule has 7 heteroatoms. The molecule has 0 unspecified atom stereocenters. The summed E-state index contributed by atoms with van der Waals surface area (Å²) in [5, 5.41) is 12.3. The fraction of sp³-hybridized carbons (Fsp3) is 0.745. The number of aliphatic imine (C=N–C) groups is 1. The highest BCUT2D eigenvalue weighted by Gasteiger charge is 2.35. The van der Waals surface area contributed by atoms with Crippen LogP contribution < -0.4 is 4.90 Å². The van der Waals surface area contributed by atoms with E-state index in [1.807, 2.05) is 12.1 Å². The molecule has 62 heavy (non-hydrogen) atoms. The van der Waals surface area contributed by atoms with E-state index in [1.165, 1.54) is 205 Å². The first-order chi connectivity index (χ1) is 30.4. The average Bonchev–Trinajstić information content (AvgIpc) is 3.65. The maximum atomic E-state index is 13.5. The summed E-state index contributed by atoms with van der Waals surface area (Å²) in [6.45, 7) is 15.3. The number of aromatic nitrogens is 1. The van der Waals surface area contributed by atoms with Gasteiger partial charge in [-0.3, -0.25) is 9.37 Å². The molecule has 2 heterocycles. The molecule has 0 saturated carbocycles. The van der Waals surface area contributed by atoms with Crippen LogP contribution in [0.25, 0.3) is 5.57 Å². The van der Waals surface area contributed by atoms with Crippen molar-refractivity contribution >= 4 is 39.8 Å². The van der Waals surface area contributed by atoms with Crippen molar-refractivity contribution in [1.82, 2.24) is 4.98 Å². The Kier molecular flexibility index (Phi) is 30.0. The van der Waals surface area contributed by atoms with Crippen LogP contribution in [0.2, 0.25) is 0 Å². The van der Waals surface area contributed by atoms with Gasteiger partial charge in [0.25, 0.3) is 0 Å². The monoisotopic (exact) mass is 874 g/mol. The number of anilines is 1. The van der Waals surface area contributed by atoms with Crippen molar-refractivity contribution in [2.75, 3.05) is 31.1 Å². The third-order valence-corrected chi connectivity index (χ3v) is 14.1. The number of carbonyl (C=O) groups excluding carboxylic acids is 1. The number of rotatable bonds is 39. The number of aliphatic hydroxyl groups excluding tert-OH is 1. The van der Waals surface area contributed by atoms with Crippen molar-refractivity contribution < 1.29 is 14.5 Å². The third-order valence-electron chi connectivity index (χ3n) is 12.9. The number of unbranched alkanes of at least 4 members (excludes halogenated alkanes) is 28. The number of thioether (sulfide) groups is 1. The van der Waals surface area contributed by atoms with Crippen LogP contribution in [0.4, 0.5) is 5.82 Å². The number of hydrogen-bond donors (Lipinski definition) is 1. The number of allylic oxidation sites excluding steroid dienone is 5. The molecule has 350 valence electrons. The summed E-state index contributed by atoms with van der Waals surface area (Å²) in [6, 6.07) is 4.05. The minimum absolute atomic E-state index is 0.0727. The van der Waals surface area contributed by atoms with Crippen LogP contribution in [0.1, 0.15) is 246 Å². The number of nitrogens with zero attached hydrogens (tertiary/aromatic N) is 4. The van der Waals surface area contributed by atoms with E-state index in [-0.39, 0.29) is 11.5 Å². The summed E-state index contributed by atoms with van der Waals surface area (Å²) in [5.74, 6) is 0.939. The number of carbonyl (C=O) groups is 1. The molecule has 0 spiro atoms. The fourth-order valence-electron chi connectivity index (χ4n) is 8.80. The summed E-state index contributed by atoms with van der Waals surface area (Å²) in [7, 11) is 0. The molecule has 0 amide bonds. The lowest BCUT2D eigenvalue weighted by molar-refractivity contribution is -0.527. The van der Waals surface area contributed by atoms with Crippen molar-refractivity contribution in [3.05, 3.63) is 52.3 Å². The molecular weight excluding hydrogens is 781 g/mol. The number of amidine groups is 1. The molecular formula is C55H93N4O2S+. The van der Waals surface area contributed by atoms with Gasteiger partial charge in [-0.2, -0.15) is 0 Å². The van der Waals surface area contributed by atoms with Crippen molar-refractivity contribution in [2.45, 2.75) is 240 Å². The van der Waals surface area contributed by atoms with Crippen LogP contribution in [-0.2, 0) is 4.79 Å². The second-order valence-electron chi connectivity index (χ2n) is 18.5. The lowest BCUT2D eigenvalue weighted by Gasteiger charge is -2.25. The fourth-order valence-corrected chi connectivity index (χ4v) is 9.82. The van der Waals surface area contributed by atoms with Gasteiger partial charge in [-0.15, -0.1) is 0 Å². The molecule has 0 atom stereocenters. The largest absolute Gasteiger partial charge is 0.506 e. The molecule has 0 fully saturated rings. The van der Waals surface area contributed by atoms with E-state index in [0.29, 0.717) is 16.7 Å². The zero-order valence-electron chi connectivity index (χ0n) is 40.9. The Bertz CT molecular complexity index is 1480. The summed E-state index contributed by atoms with van der Waals surface area (Å²) in [4.78, 5) is 26.9. The van der Waals surface area contributed by atoms with E-state index < -0.39 is 0 Å². The SMILES string of the molecule is CCCCCCCCCCCCN(CCCCCCCCCCCC)c1ccc(C2=C(O)C(=CC=C3SC(=[N+](CCCCCCCC)CCCCCCCC)N=C3C)C2=O)cn1. The second kappa shape index (κ2) is 34.7. The van der Waals surface area contributed by atoms with Crippen LogP contribution in [0.5, 0.6) is 0 Å². The maximum Gasteiger partial charge on any atom is 0.359 e. The zero-order valence-corrected chi connectivity index (χ0v) is 41.7. The summed E-state index contributed by atoms with van der Waals surface area (Å²) in [6.07, 6.45) is 47.7. The van der Waals surface area contributed by atoms with Crippen LogP contribution >= 0.6 is 11.8 Å². The van der Waals surface area contributed by atoms with Crippen molar-refractivity contribution in [2.24, 2.45) is 4.99 Å². The standard InChI is InChI=1S/C55H92N4O2S/c1-6-10-14-18-22-24-26-28-32-34-42-58(43-35-33-29-27-25-23-19-15-11-7-2)51-41-38-48(46-56-51)52-53(60)49(54(52)61)39-40-50-47(5)57-55(62-50)59(44-36-30-20-16-12-8-3)45-37-31-21-17-13-9-4/h38-41,46H,6-37,42-45H2,1-5H3/p+1. The number of aliphatic hydroxyl groups is 1. The van der Waals surface area contributed by atoms with Crippen LogP contribution in [0.15, 0.2) is 51.7 Å². The summed E-state index contributed by atoms with van der Waals surface area (Å²) < 4.78 is 2.50. The number of pyridine rings is 1. The Labute approximate surface area is 386 Å². The van der Waals surface area contributed by atoms with Gasteiger partial charge in [-0.1, -0.05) is 195 Å². The summed E-state index contributed by atoms with van der Waals surface area (Å²) >= 11 is 1.71. The van der Waals surface area contributed by atoms with E-state index in [4.69, 9.17) is 9.98 Å². The molecule has 0 saturated heterocycles. The van der Waals surface area contributed by atoms with Crippen molar-refractivity contribution in [3.63, 3.8) is 0 Å². The Morgan fingerprint density at radius 2 is 1.00 bits per heavy atom. The molecule has 0 radical (unpaired) electrons. The third kappa shape index (κ3) is 21.3. The summed E-state index contributed by atoms with van der Waals surface area (Å²) in [5.41, 5.74) is 2.43. The van der Waals surface area contributed by atoms with E-state index in [9.17, 15) is 9.90 Å². The van der Waals surface area contributed by atoms with Gasteiger partial charge in [-0.05, 0) is 67.8 Å². The predicted molar refractivity (Wildman–Crippen MR) is 273 cm³/mol. The molecule has 6 nitrogen and oxygen atoms in total. The minimum atomic E-state index is -0.115. The average molecular weight is 874 g/mol. The Balaban J connectivity index is 1.61. The first-order valence-electron chi connectivity index (χ1n) is 26.4. The Morgan fingerprint density at radius 3 is 1.40 bits per heavy atom.